The van der Waals surface area contributed by atoms with E-state index >= 15 is 0 Å². The monoisotopic (exact) mass is 313 g/mol. The van der Waals surface area contributed by atoms with Gasteiger partial charge in [-0.15, -0.1) is 28.6 Å². The summed E-state index contributed by atoms with van der Waals surface area (Å²) in [5, 5.41) is 19.7. The quantitative estimate of drug-likeness (QED) is 0.501. The molecular weight excluding hydrogens is 302 g/mol. The van der Waals surface area contributed by atoms with Gasteiger partial charge in [-0.3, -0.25) is 9.69 Å². The molecule has 0 aliphatic carbocycles. The minimum atomic E-state index is -1.10. The Balaban J connectivity index is 1.74. The summed E-state index contributed by atoms with van der Waals surface area (Å²) in [5.41, 5.74) is 5.75. The molecule has 4 N–H and O–H groups in total. The number of β-lactam (4-membered cyclic amide) rings is 1. The summed E-state index contributed by atoms with van der Waals surface area (Å²) in [4.78, 5) is 24.1. The summed E-state index contributed by atoms with van der Waals surface area (Å²) in [6.07, 6.45) is 3.20. The zero-order valence-electron chi connectivity index (χ0n) is 10.1. The molecular formula is C10H11N5O3S2. The molecule has 1 aromatic heterocycles. The molecule has 3 atom stereocenters. The van der Waals surface area contributed by atoms with Crippen molar-refractivity contribution in [3.8, 4) is 0 Å². The molecule has 0 spiro atoms. The van der Waals surface area contributed by atoms with Crippen molar-refractivity contribution < 1.29 is 14.7 Å². The lowest BCUT2D eigenvalue weighted by Gasteiger charge is -2.48. The summed E-state index contributed by atoms with van der Waals surface area (Å²) in [6.45, 7) is 0. The third-order valence-corrected chi connectivity index (χ3v) is 5.67. The molecule has 3 rings (SSSR count). The van der Waals surface area contributed by atoms with Crippen LogP contribution in [0.1, 0.15) is 0 Å². The van der Waals surface area contributed by atoms with Gasteiger partial charge < -0.3 is 10.8 Å². The number of thioether (sulfide) groups is 2. The van der Waals surface area contributed by atoms with Crippen LogP contribution < -0.4 is 5.73 Å². The standard InChI is InChI=1S/C10H11N5O3S2/c11-7-8(16)15-5(10(17)18)1-4(20-9(7)15)3-19-6-2-12-14-13-6/h1-2,4,7,9H,3,11H2,(H,17,18)(H,12,13,14)/t4?,7-,9-/m1/s1. The number of aromatic nitrogens is 3. The highest BCUT2D eigenvalue weighted by molar-refractivity contribution is 8.03. The third-order valence-electron chi connectivity index (χ3n) is 3.01. The Labute approximate surface area is 122 Å². The Hall–Kier alpha value is -1.52. The number of hydrogen-bond acceptors (Lipinski definition) is 7. The molecule has 0 radical (unpaired) electrons. The maximum Gasteiger partial charge on any atom is 0.352 e. The number of carbonyl (C=O) groups is 2. The highest BCUT2D eigenvalue weighted by atomic mass is 32.2. The van der Waals surface area contributed by atoms with Gasteiger partial charge in [0.2, 0.25) is 5.91 Å². The molecule has 0 saturated carbocycles. The fraction of sp³-hybridized carbons (Fsp3) is 0.400. The van der Waals surface area contributed by atoms with Crippen molar-refractivity contribution in [1.82, 2.24) is 20.3 Å². The molecule has 106 valence electrons. The summed E-state index contributed by atoms with van der Waals surface area (Å²) in [7, 11) is 0. The number of H-pyrrole nitrogens is 1. The molecule has 2 aliphatic rings. The first kappa shape index (κ1) is 13.5. The van der Waals surface area contributed by atoms with Gasteiger partial charge in [0.15, 0.2) is 0 Å². The number of nitrogens with zero attached hydrogens (tertiary/aromatic N) is 3. The number of fused-ring (bicyclic) bond motifs is 1. The van der Waals surface area contributed by atoms with E-state index in [-0.39, 0.29) is 22.2 Å². The molecule has 2 aliphatic heterocycles. The number of nitrogens with two attached hydrogens (primary N) is 1. The van der Waals surface area contributed by atoms with Crippen molar-refractivity contribution in [3.63, 3.8) is 0 Å². The number of carbonyl (C=O) groups excluding carboxylic acids is 1. The van der Waals surface area contributed by atoms with E-state index in [1.807, 2.05) is 0 Å². The first-order chi connectivity index (χ1) is 9.58. The maximum absolute atomic E-state index is 11.6. The molecule has 10 heteroatoms. The summed E-state index contributed by atoms with van der Waals surface area (Å²) in [6, 6.07) is -0.623. The Kier molecular flexibility index (Phi) is 3.44. The predicted molar refractivity (Wildman–Crippen MR) is 72.8 cm³/mol. The molecule has 20 heavy (non-hydrogen) atoms. The van der Waals surface area contributed by atoms with Gasteiger partial charge in [-0.25, -0.2) is 4.79 Å². The van der Waals surface area contributed by atoms with Crippen molar-refractivity contribution in [1.29, 1.82) is 0 Å². The van der Waals surface area contributed by atoms with Crippen LogP contribution in [0, 0.1) is 0 Å². The third kappa shape index (κ3) is 2.19. The van der Waals surface area contributed by atoms with Crippen LogP contribution in [0.25, 0.3) is 0 Å². The summed E-state index contributed by atoms with van der Waals surface area (Å²) >= 11 is 2.97. The van der Waals surface area contributed by atoms with Crippen LogP contribution in [0.4, 0.5) is 0 Å². The van der Waals surface area contributed by atoms with Gasteiger partial charge in [0, 0.05) is 11.0 Å². The number of amides is 1. The van der Waals surface area contributed by atoms with Crippen molar-refractivity contribution in [2.24, 2.45) is 5.73 Å². The number of aromatic amines is 1. The van der Waals surface area contributed by atoms with Crippen molar-refractivity contribution in [3.05, 3.63) is 18.0 Å². The molecule has 1 unspecified atom stereocenters. The van der Waals surface area contributed by atoms with Gasteiger partial charge in [-0.1, -0.05) is 0 Å². The normalized spacial score (nSPS) is 28.6. The average molecular weight is 313 g/mol. The first-order valence-corrected chi connectivity index (χ1v) is 7.68. The largest absolute Gasteiger partial charge is 0.477 e. The fourth-order valence-electron chi connectivity index (χ4n) is 2.05. The van der Waals surface area contributed by atoms with E-state index in [0.717, 1.165) is 5.03 Å². The number of hydrogen-bond donors (Lipinski definition) is 3. The lowest BCUT2D eigenvalue weighted by molar-refractivity contribution is -0.147. The zero-order valence-corrected chi connectivity index (χ0v) is 11.7. The van der Waals surface area contributed by atoms with Crippen LogP contribution in [0.3, 0.4) is 0 Å². The number of carboxylic acid groups (broad SMARTS) is 1. The van der Waals surface area contributed by atoms with Crippen molar-refractivity contribution >= 4 is 35.4 Å². The second kappa shape index (κ2) is 5.11. The lowest BCUT2D eigenvalue weighted by atomic mass is 10.1. The van der Waals surface area contributed by atoms with E-state index < -0.39 is 12.0 Å². The van der Waals surface area contributed by atoms with Crippen LogP contribution in [0.2, 0.25) is 0 Å². The molecule has 8 nitrogen and oxygen atoms in total. The minimum absolute atomic E-state index is 0.0196. The minimum Gasteiger partial charge on any atom is -0.477 e. The molecule has 1 amide bonds. The molecule has 1 aromatic rings. The van der Waals surface area contributed by atoms with Crippen LogP contribution >= 0.6 is 23.5 Å². The van der Waals surface area contributed by atoms with Gasteiger partial charge >= 0.3 is 5.97 Å². The highest BCUT2D eigenvalue weighted by Crippen LogP contribution is 2.41. The average Bonchev–Trinajstić information content (AvgIpc) is 2.96. The van der Waals surface area contributed by atoms with Crippen LogP contribution in [0.5, 0.6) is 0 Å². The molecule has 1 fully saturated rings. The van der Waals surface area contributed by atoms with Gasteiger partial charge in [-0.2, -0.15) is 10.3 Å². The molecule has 1 saturated heterocycles. The Morgan fingerprint density at radius 2 is 2.45 bits per heavy atom. The second-order valence-corrected chi connectivity index (χ2v) is 6.68. The number of carboxylic acids is 1. The smallest absolute Gasteiger partial charge is 0.352 e. The van der Waals surface area contributed by atoms with E-state index in [4.69, 9.17) is 5.73 Å². The van der Waals surface area contributed by atoms with Gasteiger partial charge in [-0.05, 0) is 6.08 Å². The summed E-state index contributed by atoms with van der Waals surface area (Å²) < 4.78 is 0. The molecule has 0 aromatic carbocycles. The fourth-order valence-corrected chi connectivity index (χ4v) is 4.43. The van der Waals surface area contributed by atoms with Crippen molar-refractivity contribution in [2.45, 2.75) is 21.7 Å². The van der Waals surface area contributed by atoms with Crippen LogP contribution in [-0.2, 0) is 9.59 Å². The maximum atomic E-state index is 11.6. The Morgan fingerprint density at radius 3 is 3.10 bits per heavy atom. The lowest BCUT2D eigenvalue weighted by Crippen LogP contribution is -2.68. The topological polar surface area (TPSA) is 125 Å². The number of aliphatic carboxylic acids is 1. The number of nitrogens with one attached hydrogen (secondary N) is 1. The molecule has 0 bridgehead atoms. The van der Waals surface area contributed by atoms with E-state index in [1.165, 1.54) is 28.4 Å². The Bertz CT molecular complexity index is 575. The van der Waals surface area contributed by atoms with Crippen molar-refractivity contribution in [2.75, 3.05) is 5.75 Å². The Morgan fingerprint density at radius 1 is 1.65 bits per heavy atom. The zero-order chi connectivity index (χ0) is 14.3. The van der Waals surface area contributed by atoms with Crippen LogP contribution in [-0.4, -0.2) is 59.7 Å². The van der Waals surface area contributed by atoms with E-state index in [1.54, 1.807) is 12.3 Å². The van der Waals surface area contributed by atoms with Gasteiger partial charge in [0.25, 0.3) is 0 Å². The second-order valence-electron chi connectivity index (χ2n) is 4.28. The summed E-state index contributed by atoms with van der Waals surface area (Å²) in [5.74, 6) is -0.801. The van der Waals surface area contributed by atoms with Crippen LogP contribution in [0.15, 0.2) is 23.0 Å². The molecule has 3 heterocycles. The SMILES string of the molecule is N[C@@H]1C(=O)N2C(C(=O)O)=CC(CSc3cn[nH]n3)S[C@H]12. The van der Waals surface area contributed by atoms with E-state index in [9.17, 15) is 14.7 Å². The number of rotatable bonds is 4. The highest BCUT2D eigenvalue weighted by Gasteiger charge is 2.51. The van der Waals surface area contributed by atoms with Gasteiger partial charge in [0.05, 0.1) is 6.20 Å². The van der Waals surface area contributed by atoms with E-state index in [0.29, 0.717) is 5.75 Å². The van der Waals surface area contributed by atoms with E-state index in [2.05, 4.69) is 15.4 Å². The predicted octanol–water partition coefficient (Wildman–Crippen LogP) is -0.524. The van der Waals surface area contributed by atoms with Gasteiger partial charge in [0.1, 0.15) is 22.1 Å². The first-order valence-electron chi connectivity index (χ1n) is 5.75.